The Labute approximate surface area is 337 Å². The molecule has 3 atom stereocenters. The van der Waals surface area contributed by atoms with Crippen molar-refractivity contribution in [3.63, 3.8) is 0 Å². The van der Waals surface area contributed by atoms with Gasteiger partial charge in [-0.15, -0.1) is 0 Å². The van der Waals surface area contributed by atoms with E-state index in [2.05, 4.69) is 13.8 Å². The average Bonchev–Trinajstić information content (AvgIpc) is 3.17. The number of aliphatic hydroxyl groups is 2. The van der Waals surface area contributed by atoms with E-state index in [1.165, 1.54) is 154 Å². The molecule has 3 unspecified atom stereocenters. The molecule has 0 aromatic carbocycles. The molecule has 0 aliphatic rings. The number of carbonyl (C=O) groups is 2. The number of rotatable bonds is 44. The maximum Gasteiger partial charge on any atom is 0.472 e. The second kappa shape index (κ2) is 41.1. The summed E-state index contributed by atoms with van der Waals surface area (Å²) in [5, 5.41) is 19.2. The monoisotopic (exact) mass is 807 g/mol. The van der Waals surface area contributed by atoms with Crippen LogP contribution in [0.2, 0.25) is 0 Å². The number of phosphoric acid groups is 1. The van der Waals surface area contributed by atoms with Crippen LogP contribution in [-0.2, 0) is 32.7 Å². The van der Waals surface area contributed by atoms with E-state index in [9.17, 15) is 29.3 Å². The fourth-order valence-corrected chi connectivity index (χ4v) is 7.55. The minimum atomic E-state index is -4.63. The largest absolute Gasteiger partial charge is 0.472 e. The number of ether oxygens (including phenoxy) is 2. The SMILES string of the molecule is CCCCCCCCCCCCCCCCCCCCC(=O)OC(CO)COP(=O)(O)OCC(CO)OC(=O)CCCCCCCCCCCCCCCC. The molecule has 10 nitrogen and oxygen atoms in total. The van der Waals surface area contributed by atoms with Crippen molar-refractivity contribution >= 4 is 19.8 Å². The van der Waals surface area contributed by atoms with Crippen molar-refractivity contribution in [1.29, 1.82) is 0 Å². The zero-order valence-corrected chi connectivity index (χ0v) is 36.6. The molecule has 0 amide bonds. The zero-order valence-electron chi connectivity index (χ0n) is 35.7. The van der Waals surface area contributed by atoms with Gasteiger partial charge < -0.3 is 24.6 Å². The van der Waals surface area contributed by atoms with Gasteiger partial charge in [0.15, 0.2) is 0 Å². The summed E-state index contributed by atoms with van der Waals surface area (Å²) in [6.45, 7) is 2.26. The van der Waals surface area contributed by atoms with E-state index >= 15 is 0 Å². The van der Waals surface area contributed by atoms with E-state index in [4.69, 9.17) is 18.5 Å². The predicted octanol–water partition coefficient (Wildman–Crippen LogP) is 12.2. The predicted molar refractivity (Wildman–Crippen MR) is 224 cm³/mol. The minimum absolute atomic E-state index is 0.199. The lowest BCUT2D eigenvalue weighted by molar-refractivity contribution is -0.153. The molecule has 0 rings (SSSR count). The van der Waals surface area contributed by atoms with E-state index in [1.807, 2.05) is 0 Å². The second-order valence-electron chi connectivity index (χ2n) is 15.8. The first kappa shape index (κ1) is 54.0. The van der Waals surface area contributed by atoms with Crippen molar-refractivity contribution in [2.45, 2.75) is 244 Å². The van der Waals surface area contributed by atoms with Crippen LogP contribution in [0.4, 0.5) is 0 Å². The molecule has 0 bridgehead atoms. The standard InChI is InChI=1S/C44H87O10P/c1-3-5-7-9-11-13-15-17-19-20-21-22-24-26-28-30-32-34-36-44(48)54-42(38-46)40-52-55(49,50)51-39-41(37-45)53-43(47)35-33-31-29-27-25-23-18-16-14-12-10-8-6-4-2/h41-42,45-46H,3-40H2,1-2H3,(H,49,50). The van der Waals surface area contributed by atoms with Crippen LogP contribution in [0.15, 0.2) is 0 Å². The number of phosphoric ester groups is 1. The normalized spacial score (nSPS) is 13.8. The smallest absolute Gasteiger partial charge is 0.457 e. The third-order valence-corrected chi connectivity index (χ3v) is 11.3. The van der Waals surface area contributed by atoms with Crippen LogP contribution >= 0.6 is 7.82 Å². The van der Waals surface area contributed by atoms with E-state index in [1.54, 1.807) is 0 Å². The molecule has 0 radical (unpaired) electrons. The Bertz CT molecular complexity index is 889. The Balaban J connectivity index is 3.85. The Morgan fingerprint density at radius 1 is 0.418 bits per heavy atom. The van der Waals surface area contributed by atoms with Gasteiger partial charge in [0.2, 0.25) is 0 Å². The molecule has 0 aromatic heterocycles. The quantitative estimate of drug-likeness (QED) is 0.0308. The first-order chi connectivity index (χ1) is 26.8. The number of aliphatic hydroxyl groups excluding tert-OH is 2. The molecule has 0 aliphatic carbocycles. The highest BCUT2D eigenvalue weighted by Gasteiger charge is 2.27. The molecule has 0 saturated heterocycles. The molecular formula is C44H87O10P. The highest BCUT2D eigenvalue weighted by atomic mass is 31.2. The highest BCUT2D eigenvalue weighted by Crippen LogP contribution is 2.43. The summed E-state index contributed by atoms with van der Waals surface area (Å²) in [6.07, 6.45) is 37.9. The van der Waals surface area contributed by atoms with Crippen molar-refractivity contribution < 1.29 is 47.8 Å². The molecule has 0 aromatic rings. The van der Waals surface area contributed by atoms with Crippen molar-refractivity contribution in [2.24, 2.45) is 0 Å². The number of hydrogen-bond donors (Lipinski definition) is 3. The maximum atomic E-state index is 12.4. The minimum Gasteiger partial charge on any atom is -0.457 e. The summed E-state index contributed by atoms with van der Waals surface area (Å²) in [5.41, 5.74) is 0. The molecule has 55 heavy (non-hydrogen) atoms. The molecular weight excluding hydrogens is 719 g/mol. The van der Waals surface area contributed by atoms with E-state index < -0.39 is 58.4 Å². The maximum absolute atomic E-state index is 12.4. The van der Waals surface area contributed by atoms with Crippen molar-refractivity contribution in [2.75, 3.05) is 26.4 Å². The van der Waals surface area contributed by atoms with E-state index in [0.717, 1.165) is 38.5 Å². The summed E-state index contributed by atoms with van der Waals surface area (Å²) in [7, 11) is -4.63. The topological polar surface area (TPSA) is 149 Å². The van der Waals surface area contributed by atoms with Gasteiger partial charge >= 0.3 is 19.8 Å². The van der Waals surface area contributed by atoms with E-state index in [-0.39, 0.29) is 12.8 Å². The van der Waals surface area contributed by atoms with Gasteiger partial charge in [0.1, 0.15) is 12.2 Å². The lowest BCUT2D eigenvalue weighted by Crippen LogP contribution is -2.28. The summed E-state index contributed by atoms with van der Waals surface area (Å²) in [4.78, 5) is 34.5. The molecule has 0 aliphatic heterocycles. The molecule has 0 heterocycles. The average molecular weight is 807 g/mol. The second-order valence-corrected chi connectivity index (χ2v) is 17.2. The molecule has 0 fully saturated rings. The molecule has 11 heteroatoms. The van der Waals surface area contributed by atoms with Crippen LogP contribution in [0.5, 0.6) is 0 Å². The molecule has 3 N–H and O–H groups in total. The number of hydrogen-bond acceptors (Lipinski definition) is 9. The Hall–Kier alpha value is -1.03. The lowest BCUT2D eigenvalue weighted by atomic mass is 10.0. The van der Waals surface area contributed by atoms with E-state index in [0.29, 0.717) is 12.8 Å². The van der Waals surface area contributed by atoms with Gasteiger partial charge in [0.25, 0.3) is 0 Å². The third-order valence-electron chi connectivity index (χ3n) is 10.3. The van der Waals surface area contributed by atoms with Gasteiger partial charge in [-0.2, -0.15) is 0 Å². The summed E-state index contributed by atoms with van der Waals surface area (Å²) < 4.78 is 32.6. The van der Waals surface area contributed by atoms with Gasteiger partial charge in [0, 0.05) is 12.8 Å². The van der Waals surface area contributed by atoms with Gasteiger partial charge in [-0.3, -0.25) is 18.6 Å². The van der Waals surface area contributed by atoms with Crippen LogP contribution in [0, 0.1) is 0 Å². The Morgan fingerprint density at radius 3 is 0.855 bits per heavy atom. The summed E-state index contributed by atoms with van der Waals surface area (Å²) in [6, 6.07) is 0. The molecule has 328 valence electrons. The Kier molecular flexibility index (Phi) is 40.4. The van der Waals surface area contributed by atoms with Crippen LogP contribution in [0.3, 0.4) is 0 Å². The van der Waals surface area contributed by atoms with Gasteiger partial charge in [-0.1, -0.05) is 206 Å². The lowest BCUT2D eigenvalue weighted by Gasteiger charge is -2.20. The third kappa shape index (κ3) is 39.6. The van der Waals surface area contributed by atoms with Gasteiger partial charge in [0.05, 0.1) is 26.4 Å². The van der Waals surface area contributed by atoms with Gasteiger partial charge in [-0.25, -0.2) is 4.57 Å². The first-order valence-corrected chi connectivity index (χ1v) is 24.5. The van der Waals surface area contributed by atoms with Crippen molar-refractivity contribution in [3.8, 4) is 0 Å². The number of carbonyl (C=O) groups excluding carboxylic acids is 2. The van der Waals surface area contributed by atoms with Crippen LogP contribution in [0.25, 0.3) is 0 Å². The van der Waals surface area contributed by atoms with Crippen LogP contribution in [-0.4, -0.2) is 65.7 Å². The molecule has 0 spiro atoms. The zero-order chi connectivity index (χ0) is 40.5. The first-order valence-electron chi connectivity index (χ1n) is 23.0. The van der Waals surface area contributed by atoms with Crippen LogP contribution < -0.4 is 0 Å². The fourth-order valence-electron chi connectivity index (χ4n) is 6.76. The number of unbranched alkanes of at least 4 members (excludes halogenated alkanes) is 30. The van der Waals surface area contributed by atoms with Crippen molar-refractivity contribution in [1.82, 2.24) is 0 Å². The Morgan fingerprint density at radius 2 is 0.636 bits per heavy atom. The van der Waals surface area contributed by atoms with Crippen LogP contribution in [0.1, 0.15) is 232 Å². The number of esters is 2. The summed E-state index contributed by atoms with van der Waals surface area (Å²) >= 11 is 0. The molecule has 0 saturated carbocycles. The fraction of sp³-hybridized carbons (Fsp3) is 0.955. The summed E-state index contributed by atoms with van der Waals surface area (Å²) in [5.74, 6) is -1.00. The van der Waals surface area contributed by atoms with Gasteiger partial charge in [-0.05, 0) is 12.8 Å². The van der Waals surface area contributed by atoms with Crippen molar-refractivity contribution in [3.05, 3.63) is 0 Å². The highest BCUT2D eigenvalue weighted by molar-refractivity contribution is 7.47.